The predicted octanol–water partition coefficient (Wildman–Crippen LogP) is 2.51. The fourth-order valence-corrected chi connectivity index (χ4v) is 2.44. The third-order valence-corrected chi connectivity index (χ3v) is 3.72. The summed E-state index contributed by atoms with van der Waals surface area (Å²) in [7, 11) is 1.65. The van der Waals surface area contributed by atoms with Crippen LogP contribution in [0.2, 0.25) is 0 Å². The number of carbonyl (C=O) groups is 1. The lowest BCUT2D eigenvalue weighted by atomic mass is 10.2. The summed E-state index contributed by atoms with van der Waals surface area (Å²) in [5.74, 6) is 1.08. The zero-order chi connectivity index (χ0) is 17.1. The van der Waals surface area contributed by atoms with Gasteiger partial charge in [0, 0.05) is 19.8 Å². The lowest BCUT2D eigenvalue weighted by molar-refractivity contribution is 0.0767. The van der Waals surface area contributed by atoms with Gasteiger partial charge in [-0.15, -0.1) is 0 Å². The number of amides is 1. The molecule has 24 heavy (non-hydrogen) atoms. The van der Waals surface area contributed by atoms with Gasteiger partial charge in [0.2, 0.25) is 0 Å². The number of benzene rings is 1. The molecule has 124 valence electrons. The van der Waals surface area contributed by atoms with E-state index in [0.717, 1.165) is 11.4 Å². The average molecular weight is 325 g/mol. The zero-order valence-electron chi connectivity index (χ0n) is 13.6. The van der Waals surface area contributed by atoms with E-state index in [4.69, 9.17) is 9.52 Å². The van der Waals surface area contributed by atoms with Crippen LogP contribution >= 0.6 is 0 Å². The molecule has 1 aromatic carbocycles. The molecule has 0 fully saturated rings. The summed E-state index contributed by atoms with van der Waals surface area (Å²) in [6.45, 7) is 2.01. The summed E-state index contributed by atoms with van der Waals surface area (Å²) in [4.78, 5) is 14.2. The number of aliphatic hydroxyl groups excluding tert-OH is 1. The molecule has 0 unspecified atom stereocenters. The van der Waals surface area contributed by atoms with E-state index in [1.807, 2.05) is 43.3 Å². The minimum absolute atomic E-state index is 0.0930. The molecule has 0 bridgehead atoms. The van der Waals surface area contributed by atoms with E-state index in [0.29, 0.717) is 17.0 Å². The fraction of sp³-hybridized carbons (Fsp3) is 0.222. The molecule has 2 heterocycles. The highest BCUT2D eigenvalue weighted by molar-refractivity contribution is 5.99. The van der Waals surface area contributed by atoms with Gasteiger partial charge in [0.05, 0.1) is 17.9 Å². The van der Waals surface area contributed by atoms with Crippen molar-refractivity contribution in [3.63, 3.8) is 0 Å². The van der Waals surface area contributed by atoms with Crippen LogP contribution < -0.4 is 0 Å². The highest BCUT2D eigenvalue weighted by Crippen LogP contribution is 2.26. The maximum atomic E-state index is 12.7. The smallest absolute Gasteiger partial charge is 0.257 e. The Bertz CT molecular complexity index is 836. The molecule has 0 aliphatic heterocycles. The molecule has 0 aliphatic rings. The molecule has 1 amide bonds. The van der Waals surface area contributed by atoms with E-state index < -0.39 is 0 Å². The third kappa shape index (κ3) is 3.09. The number of likely N-dealkylation sites (N-methyl/N-ethyl adjacent to an activating group) is 1. The molecule has 3 rings (SSSR count). The Balaban J connectivity index is 2.08. The van der Waals surface area contributed by atoms with Crippen molar-refractivity contribution in [2.45, 2.75) is 6.92 Å². The van der Waals surface area contributed by atoms with E-state index in [9.17, 15) is 4.79 Å². The van der Waals surface area contributed by atoms with Crippen LogP contribution in [0.15, 0.2) is 53.1 Å². The van der Waals surface area contributed by atoms with Crippen LogP contribution in [0.5, 0.6) is 0 Å². The first kappa shape index (κ1) is 16.0. The normalized spacial score (nSPS) is 10.8. The molecule has 6 heteroatoms. The third-order valence-electron chi connectivity index (χ3n) is 3.72. The fourth-order valence-electron chi connectivity index (χ4n) is 2.44. The van der Waals surface area contributed by atoms with Crippen molar-refractivity contribution in [3.05, 3.63) is 60.0 Å². The Morgan fingerprint density at radius 1 is 1.25 bits per heavy atom. The van der Waals surface area contributed by atoms with Crippen LogP contribution in [0.3, 0.4) is 0 Å². The summed E-state index contributed by atoms with van der Waals surface area (Å²) in [6, 6.07) is 13.2. The molecule has 0 saturated carbocycles. The first-order valence-electron chi connectivity index (χ1n) is 7.68. The van der Waals surface area contributed by atoms with E-state index in [1.165, 1.54) is 4.90 Å². The summed E-state index contributed by atoms with van der Waals surface area (Å²) in [5.41, 5.74) is 1.77. The molecular formula is C18H19N3O3. The molecule has 3 aromatic rings. The summed E-state index contributed by atoms with van der Waals surface area (Å²) < 4.78 is 7.31. The SMILES string of the molecule is Cc1ccc(-c2nn(-c3ccccc3)cc2C(=O)N(C)CCO)o1. The van der Waals surface area contributed by atoms with Gasteiger partial charge >= 0.3 is 0 Å². The van der Waals surface area contributed by atoms with Crippen molar-refractivity contribution >= 4 is 5.91 Å². The molecule has 0 radical (unpaired) electrons. The second-order valence-corrected chi connectivity index (χ2v) is 5.53. The highest BCUT2D eigenvalue weighted by atomic mass is 16.3. The van der Waals surface area contributed by atoms with Crippen molar-refractivity contribution in [2.24, 2.45) is 0 Å². The predicted molar refractivity (Wildman–Crippen MR) is 90.0 cm³/mol. The number of para-hydroxylation sites is 1. The number of furan rings is 1. The van der Waals surface area contributed by atoms with Crippen molar-refractivity contribution in [3.8, 4) is 17.1 Å². The van der Waals surface area contributed by atoms with Gasteiger partial charge in [0.15, 0.2) is 5.76 Å². The maximum Gasteiger partial charge on any atom is 0.257 e. The molecule has 0 saturated heterocycles. The molecule has 2 aromatic heterocycles. The Labute approximate surface area is 139 Å². The van der Waals surface area contributed by atoms with E-state index >= 15 is 0 Å². The Hall–Kier alpha value is -2.86. The number of carbonyl (C=O) groups excluding carboxylic acids is 1. The van der Waals surface area contributed by atoms with Gasteiger partial charge in [-0.3, -0.25) is 4.79 Å². The Morgan fingerprint density at radius 3 is 2.62 bits per heavy atom. The minimum atomic E-state index is -0.213. The molecule has 6 nitrogen and oxygen atoms in total. The topological polar surface area (TPSA) is 71.5 Å². The van der Waals surface area contributed by atoms with Crippen LogP contribution in [0.25, 0.3) is 17.1 Å². The monoisotopic (exact) mass is 325 g/mol. The van der Waals surface area contributed by atoms with Crippen LogP contribution in [-0.4, -0.2) is 45.9 Å². The second kappa shape index (κ2) is 6.72. The molecule has 0 atom stereocenters. The molecule has 0 aliphatic carbocycles. The summed E-state index contributed by atoms with van der Waals surface area (Å²) in [6.07, 6.45) is 1.69. The van der Waals surface area contributed by atoms with Gasteiger partial charge in [-0.25, -0.2) is 4.68 Å². The molecule has 0 spiro atoms. The van der Waals surface area contributed by atoms with Crippen molar-refractivity contribution < 1.29 is 14.3 Å². The molecule has 1 N–H and O–H groups in total. The van der Waals surface area contributed by atoms with Crippen LogP contribution in [-0.2, 0) is 0 Å². The van der Waals surface area contributed by atoms with E-state index in [2.05, 4.69) is 5.10 Å². The zero-order valence-corrected chi connectivity index (χ0v) is 13.6. The van der Waals surface area contributed by atoms with Crippen LogP contribution in [0.4, 0.5) is 0 Å². The Kier molecular flexibility index (Phi) is 4.48. The average Bonchev–Trinajstić information content (AvgIpc) is 3.21. The van der Waals surface area contributed by atoms with Crippen molar-refractivity contribution in [2.75, 3.05) is 20.2 Å². The quantitative estimate of drug-likeness (QED) is 0.782. The number of nitrogens with zero attached hydrogens (tertiary/aromatic N) is 3. The number of aryl methyl sites for hydroxylation is 1. The van der Waals surface area contributed by atoms with Gasteiger partial charge in [-0.1, -0.05) is 18.2 Å². The first-order chi connectivity index (χ1) is 11.6. The van der Waals surface area contributed by atoms with Crippen molar-refractivity contribution in [1.82, 2.24) is 14.7 Å². The van der Waals surface area contributed by atoms with Crippen LogP contribution in [0.1, 0.15) is 16.1 Å². The maximum absolute atomic E-state index is 12.7. The number of hydrogen-bond donors (Lipinski definition) is 1. The van der Waals surface area contributed by atoms with Gasteiger partial charge in [-0.2, -0.15) is 5.10 Å². The lowest BCUT2D eigenvalue weighted by Crippen LogP contribution is -2.29. The van der Waals surface area contributed by atoms with Crippen LogP contribution in [0, 0.1) is 6.92 Å². The number of aromatic nitrogens is 2. The van der Waals surface area contributed by atoms with E-state index in [1.54, 1.807) is 24.0 Å². The largest absolute Gasteiger partial charge is 0.460 e. The van der Waals surface area contributed by atoms with Gasteiger partial charge in [0.1, 0.15) is 11.5 Å². The molecular weight excluding hydrogens is 306 g/mol. The van der Waals surface area contributed by atoms with Gasteiger partial charge in [-0.05, 0) is 31.2 Å². The lowest BCUT2D eigenvalue weighted by Gasteiger charge is -2.14. The van der Waals surface area contributed by atoms with Gasteiger partial charge < -0.3 is 14.4 Å². The number of hydrogen-bond acceptors (Lipinski definition) is 4. The van der Waals surface area contributed by atoms with E-state index in [-0.39, 0.29) is 19.1 Å². The number of aliphatic hydroxyl groups is 1. The highest BCUT2D eigenvalue weighted by Gasteiger charge is 2.23. The second-order valence-electron chi connectivity index (χ2n) is 5.53. The first-order valence-corrected chi connectivity index (χ1v) is 7.68. The standard InChI is InChI=1S/C18H19N3O3/c1-13-8-9-16(24-13)17-15(18(23)20(2)10-11-22)12-21(19-17)14-6-4-3-5-7-14/h3-9,12,22H,10-11H2,1-2H3. The summed E-state index contributed by atoms with van der Waals surface area (Å²) >= 11 is 0. The minimum Gasteiger partial charge on any atom is -0.460 e. The van der Waals surface area contributed by atoms with Crippen molar-refractivity contribution in [1.29, 1.82) is 0 Å². The summed E-state index contributed by atoms with van der Waals surface area (Å²) in [5, 5.41) is 13.6. The van der Waals surface area contributed by atoms with Gasteiger partial charge in [0.25, 0.3) is 5.91 Å². The number of rotatable bonds is 5. The Morgan fingerprint density at radius 2 is 2.00 bits per heavy atom.